The third kappa shape index (κ3) is 2.23. The molecular formula is C13H12BrClN2O3S2. The number of hydrogen-bond acceptors (Lipinski definition) is 5. The number of carbonyl (C=O) groups excluding carboxylic acids is 1. The van der Waals surface area contributed by atoms with Crippen molar-refractivity contribution in [2.45, 2.75) is 34.5 Å². The van der Waals surface area contributed by atoms with E-state index in [2.05, 4.69) is 20.9 Å². The lowest BCUT2D eigenvalue weighted by Crippen LogP contribution is -2.70. The number of carboxylic acid groups (broad SMARTS) is 1. The molecule has 0 spiro atoms. The highest BCUT2D eigenvalue weighted by Crippen LogP contribution is 2.58. The molecule has 9 heteroatoms. The number of hydrogen-bond donors (Lipinski definition) is 1. The van der Waals surface area contributed by atoms with Crippen molar-refractivity contribution < 1.29 is 14.7 Å². The van der Waals surface area contributed by atoms with E-state index < -0.39 is 21.2 Å². The molecule has 3 heterocycles. The Morgan fingerprint density at radius 2 is 2.23 bits per heavy atom. The summed E-state index contributed by atoms with van der Waals surface area (Å²) < 4.78 is -1.78. The van der Waals surface area contributed by atoms with Crippen LogP contribution in [0.3, 0.4) is 0 Å². The van der Waals surface area contributed by atoms with Gasteiger partial charge in [0.1, 0.15) is 16.6 Å². The van der Waals surface area contributed by atoms with E-state index in [9.17, 15) is 14.7 Å². The summed E-state index contributed by atoms with van der Waals surface area (Å²) in [6, 6.07) is 2.80. The highest BCUT2D eigenvalue weighted by atomic mass is 79.9. The van der Waals surface area contributed by atoms with Crippen LogP contribution in [-0.4, -0.2) is 47.7 Å². The number of halogens is 2. The number of β-lactam (4-membered cyclic amide) rings is 1. The number of amides is 1. The van der Waals surface area contributed by atoms with Gasteiger partial charge < -0.3 is 10.0 Å². The lowest BCUT2D eigenvalue weighted by molar-refractivity contribution is -0.160. The first kappa shape index (κ1) is 16.3. The highest BCUT2D eigenvalue weighted by Gasteiger charge is 2.71. The van der Waals surface area contributed by atoms with E-state index in [4.69, 9.17) is 11.6 Å². The van der Waals surface area contributed by atoms with Crippen LogP contribution in [0.4, 0.5) is 0 Å². The van der Waals surface area contributed by atoms with Crippen molar-refractivity contribution in [2.75, 3.05) is 0 Å². The van der Waals surface area contributed by atoms with Gasteiger partial charge in [-0.05, 0) is 41.2 Å². The Balaban J connectivity index is 1.94. The molecular weight excluding hydrogens is 412 g/mol. The van der Waals surface area contributed by atoms with Crippen LogP contribution in [0.5, 0.6) is 0 Å². The number of fused-ring (bicyclic) bond motifs is 1. The summed E-state index contributed by atoms with van der Waals surface area (Å²) >= 11 is 12.4. The number of aliphatic imine (C=N–C) groups is 1. The zero-order valence-electron chi connectivity index (χ0n) is 11.6. The quantitative estimate of drug-likeness (QED) is 0.351. The summed E-state index contributed by atoms with van der Waals surface area (Å²) in [5.74, 6) is -1.37. The summed E-state index contributed by atoms with van der Waals surface area (Å²) in [6.07, 6.45) is 0. The molecule has 2 aliphatic rings. The number of nitrogens with zero attached hydrogens (tertiary/aromatic N) is 2. The molecule has 22 heavy (non-hydrogen) atoms. The lowest BCUT2D eigenvalue weighted by Gasteiger charge is -2.47. The molecule has 0 radical (unpaired) electrons. The van der Waals surface area contributed by atoms with Gasteiger partial charge in [-0.3, -0.25) is 4.79 Å². The van der Waals surface area contributed by atoms with Crippen LogP contribution in [0.15, 0.2) is 22.5 Å². The van der Waals surface area contributed by atoms with Crippen LogP contribution in [0, 0.1) is 0 Å². The average molecular weight is 424 g/mol. The SMILES string of the molecule is CC1(C)S[C@H]2N(C(=O)C2(Br)N=C(Cl)c2cccs2)[C@H]1C(=O)O. The molecule has 0 aliphatic carbocycles. The maximum absolute atomic E-state index is 12.5. The minimum atomic E-state index is -1.19. The van der Waals surface area contributed by atoms with E-state index in [0.29, 0.717) is 0 Å². The van der Waals surface area contributed by atoms with Crippen LogP contribution in [0.1, 0.15) is 18.7 Å². The Hall–Kier alpha value is -0.570. The maximum atomic E-state index is 12.5. The zero-order chi connectivity index (χ0) is 16.3. The van der Waals surface area contributed by atoms with E-state index >= 15 is 0 Å². The second-order valence-electron chi connectivity index (χ2n) is 5.58. The molecule has 2 fully saturated rings. The fourth-order valence-corrected chi connectivity index (χ4v) is 6.18. The number of thiophene rings is 1. The Bertz CT molecular complexity index is 679. The van der Waals surface area contributed by atoms with Gasteiger partial charge in [-0.2, -0.15) is 0 Å². The van der Waals surface area contributed by atoms with Crippen LogP contribution in [0.25, 0.3) is 0 Å². The van der Waals surface area contributed by atoms with Crippen molar-refractivity contribution in [1.82, 2.24) is 4.90 Å². The maximum Gasteiger partial charge on any atom is 0.327 e. The van der Waals surface area contributed by atoms with Crippen LogP contribution < -0.4 is 0 Å². The number of rotatable bonds is 3. The zero-order valence-corrected chi connectivity index (χ0v) is 15.6. The highest BCUT2D eigenvalue weighted by molar-refractivity contribution is 9.10. The molecule has 5 nitrogen and oxygen atoms in total. The summed E-state index contributed by atoms with van der Waals surface area (Å²) in [5, 5.41) is 11.1. The van der Waals surface area contributed by atoms with Crippen molar-refractivity contribution in [1.29, 1.82) is 0 Å². The molecule has 0 aromatic carbocycles. The second kappa shape index (κ2) is 5.22. The van der Waals surface area contributed by atoms with Crippen molar-refractivity contribution in [3.63, 3.8) is 0 Å². The van der Waals surface area contributed by atoms with E-state index in [1.165, 1.54) is 28.0 Å². The van der Waals surface area contributed by atoms with Gasteiger partial charge in [0.2, 0.25) is 4.45 Å². The van der Waals surface area contributed by atoms with Crippen molar-refractivity contribution >= 4 is 67.7 Å². The van der Waals surface area contributed by atoms with Gasteiger partial charge in [-0.25, -0.2) is 9.79 Å². The van der Waals surface area contributed by atoms with Gasteiger partial charge >= 0.3 is 5.97 Å². The normalized spacial score (nSPS) is 33.5. The Morgan fingerprint density at radius 3 is 2.77 bits per heavy atom. The fraction of sp³-hybridized carbons (Fsp3) is 0.462. The third-order valence-electron chi connectivity index (χ3n) is 3.69. The molecule has 3 atom stereocenters. The first-order chi connectivity index (χ1) is 10.2. The molecule has 3 rings (SSSR count). The molecule has 0 bridgehead atoms. The van der Waals surface area contributed by atoms with Gasteiger partial charge in [0.05, 0.1) is 4.88 Å². The molecule has 0 saturated carbocycles. The molecule has 1 unspecified atom stereocenters. The monoisotopic (exact) mass is 422 g/mol. The summed E-state index contributed by atoms with van der Waals surface area (Å²) in [7, 11) is 0. The van der Waals surface area contributed by atoms with Gasteiger partial charge in [-0.15, -0.1) is 23.1 Å². The predicted octanol–water partition coefficient (Wildman–Crippen LogP) is 2.97. The van der Waals surface area contributed by atoms with E-state index in [-0.39, 0.29) is 16.5 Å². The van der Waals surface area contributed by atoms with Crippen molar-refractivity contribution in [3.8, 4) is 0 Å². The molecule has 1 aromatic heterocycles. The molecule has 2 saturated heterocycles. The topological polar surface area (TPSA) is 70.0 Å². The number of aliphatic carboxylic acids is 1. The molecule has 1 amide bonds. The second-order valence-corrected chi connectivity index (χ2v) is 9.83. The minimum absolute atomic E-state index is 0.247. The Kier molecular flexibility index (Phi) is 3.87. The van der Waals surface area contributed by atoms with Gasteiger partial charge in [0, 0.05) is 4.75 Å². The average Bonchev–Trinajstić information content (AvgIpc) is 3.02. The van der Waals surface area contributed by atoms with Crippen LogP contribution >= 0.6 is 50.6 Å². The number of thioether (sulfide) groups is 1. The predicted molar refractivity (Wildman–Crippen MR) is 92.1 cm³/mol. The molecule has 1 N–H and O–H groups in total. The first-order valence-corrected chi connectivity index (χ1v) is 9.33. The molecule has 118 valence electrons. The van der Waals surface area contributed by atoms with E-state index in [0.717, 1.165) is 4.88 Å². The standard InChI is InChI=1S/C13H12BrClN2O3S2/c1-12(2)7(9(18)19)17-10(20)13(14,11(17)22-12)16-8(15)6-4-3-5-21-6/h3-5,7,11H,1-2H3,(H,18,19)/t7-,11+,13?/m0/s1. The lowest BCUT2D eigenvalue weighted by atomic mass is 9.96. The summed E-state index contributed by atoms with van der Waals surface area (Å²) in [6.45, 7) is 3.64. The minimum Gasteiger partial charge on any atom is -0.480 e. The summed E-state index contributed by atoms with van der Waals surface area (Å²) in [4.78, 5) is 30.5. The van der Waals surface area contributed by atoms with E-state index in [1.54, 1.807) is 0 Å². The van der Waals surface area contributed by atoms with E-state index in [1.807, 2.05) is 31.4 Å². The smallest absolute Gasteiger partial charge is 0.327 e. The van der Waals surface area contributed by atoms with Crippen molar-refractivity contribution in [3.05, 3.63) is 22.4 Å². The number of carboxylic acids is 1. The van der Waals surface area contributed by atoms with Crippen LogP contribution in [-0.2, 0) is 9.59 Å². The van der Waals surface area contributed by atoms with Gasteiger partial charge in [0.15, 0.2) is 0 Å². The first-order valence-electron chi connectivity index (χ1n) is 6.40. The van der Waals surface area contributed by atoms with Crippen molar-refractivity contribution in [2.24, 2.45) is 4.99 Å². The molecule has 2 aliphatic heterocycles. The van der Waals surface area contributed by atoms with Crippen LogP contribution in [0.2, 0.25) is 0 Å². The van der Waals surface area contributed by atoms with Gasteiger partial charge in [-0.1, -0.05) is 17.7 Å². The fourth-order valence-electron chi connectivity index (χ4n) is 2.70. The number of alkyl halides is 1. The third-order valence-corrected chi connectivity index (χ3v) is 7.84. The Labute approximate surface area is 148 Å². The largest absolute Gasteiger partial charge is 0.480 e. The Morgan fingerprint density at radius 1 is 1.55 bits per heavy atom. The molecule has 1 aromatic rings. The number of carbonyl (C=O) groups is 2. The van der Waals surface area contributed by atoms with Gasteiger partial charge in [0.25, 0.3) is 5.91 Å². The summed E-state index contributed by atoms with van der Waals surface area (Å²) in [5.41, 5.74) is 0.